The summed E-state index contributed by atoms with van der Waals surface area (Å²) in [6.45, 7) is 6.28. The summed E-state index contributed by atoms with van der Waals surface area (Å²) in [5.41, 5.74) is 4.15. The van der Waals surface area contributed by atoms with Crippen LogP contribution in [0.1, 0.15) is 21.5 Å². The summed E-state index contributed by atoms with van der Waals surface area (Å²) >= 11 is 0. The topological polar surface area (TPSA) is 61.6 Å². The highest BCUT2D eigenvalue weighted by Crippen LogP contribution is 2.24. The molecule has 6 nitrogen and oxygen atoms in total. The van der Waals surface area contributed by atoms with Gasteiger partial charge in [-0.3, -0.25) is 4.79 Å². The second kappa shape index (κ2) is 8.17. The number of benzene rings is 1. The molecule has 1 aliphatic heterocycles. The molecule has 0 unspecified atom stereocenters. The van der Waals surface area contributed by atoms with Crippen LogP contribution in [-0.2, 0) is 6.54 Å². The van der Waals surface area contributed by atoms with Crippen molar-refractivity contribution in [3.8, 4) is 0 Å². The summed E-state index contributed by atoms with van der Waals surface area (Å²) in [7, 11) is 0. The van der Waals surface area contributed by atoms with E-state index in [-0.39, 0.29) is 5.91 Å². The van der Waals surface area contributed by atoms with E-state index in [4.69, 9.17) is 4.42 Å². The van der Waals surface area contributed by atoms with E-state index in [0.29, 0.717) is 12.1 Å². The number of aryl methyl sites for hydroxylation is 1. The number of furan rings is 1. The summed E-state index contributed by atoms with van der Waals surface area (Å²) in [4.78, 5) is 21.5. The predicted molar refractivity (Wildman–Crippen MR) is 110 cm³/mol. The Hall–Kier alpha value is -3.28. The Morgan fingerprint density at radius 1 is 1.07 bits per heavy atom. The second-order valence-electron chi connectivity index (χ2n) is 6.94. The van der Waals surface area contributed by atoms with Crippen molar-refractivity contribution in [3.63, 3.8) is 0 Å². The monoisotopic (exact) mass is 376 g/mol. The van der Waals surface area contributed by atoms with Gasteiger partial charge in [-0.25, -0.2) is 4.98 Å². The van der Waals surface area contributed by atoms with Crippen LogP contribution in [-0.4, -0.2) is 37.1 Å². The molecule has 1 saturated heterocycles. The smallest absolute Gasteiger partial charge is 0.254 e. The quantitative estimate of drug-likeness (QED) is 0.741. The highest BCUT2D eigenvalue weighted by atomic mass is 16.3. The summed E-state index contributed by atoms with van der Waals surface area (Å²) in [5, 5.41) is 2.95. The van der Waals surface area contributed by atoms with Crippen LogP contribution in [0.4, 0.5) is 11.5 Å². The highest BCUT2D eigenvalue weighted by Gasteiger charge is 2.21. The third kappa shape index (κ3) is 3.86. The second-order valence-corrected chi connectivity index (χ2v) is 6.94. The number of pyridine rings is 1. The van der Waals surface area contributed by atoms with Crippen LogP contribution in [0.3, 0.4) is 0 Å². The van der Waals surface area contributed by atoms with Crippen molar-refractivity contribution >= 4 is 17.4 Å². The van der Waals surface area contributed by atoms with Crippen LogP contribution in [0.15, 0.2) is 65.6 Å². The SMILES string of the molecule is Cc1ccccc1N1CCN(c2ncccc2CNC(=O)c2ccoc2)CC1. The third-order valence-electron chi connectivity index (χ3n) is 5.13. The maximum Gasteiger partial charge on any atom is 0.254 e. The van der Waals surface area contributed by atoms with Crippen molar-refractivity contribution < 1.29 is 9.21 Å². The molecule has 28 heavy (non-hydrogen) atoms. The Labute approximate surface area is 164 Å². The van der Waals surface area contributed by atoms with Gasteiger partial charge in [-0.15, -0.1) is 0 Å². The number of carbonyl (C=O) groups excluding carboxylic acids is 1. The lowest BCUT2D eigenvalue weighted by molar-refractivity contribution is 0.0950. The van der Waals surface area contributed by atoms with Gasteiger partial charge in [0.25, 0.3) is 5.91 Å². The molecule has 0 radical (unpaired) electrons. The summed E-state index contributed by atoms with van der Waals surface area (Å²) in [6, 6.07) is 14.1. The first-order chi connectivity index (χ1) is 13.7. The normalized spacial score (nSPS) is 14.2. The van der Waals surface area contributed by atoms with Gasteiger partial charge in [0.2, 0.25) is 0 Å². The minimum Gasteiger partial charge on any atom is -0.472 e. The number of hydrogen-bond donors (Lipinski definition) is 1. The maximum atomic E-state index is 12.2. The molecular formula is C22H24N4O2. The van der Waals surface area contributed by atoms with Gasteiger partial charge in [-0.1, -0.05) is 24.3 Å². The number of hydrogen-bond acceptors (Lipinski definition) is 5. The molecule has 1 amide bonds. The van der Waals surface area contributed by atoms with Crippen LogP contribution in [0, 0.1) is 6.92 Å². The predicted octanol–water partition coefficient (Wildman–Crippen LogP) is 3.24. The average molecular weight is 376 g/mol. The minimum atomic E-state index is -0.145. The van der Waals surface area contributed by atoms with Gasteiger partial charge in [0.05, 0.1) is 11.8 Å². The van der Waals surface area contributed by atoms with E-state index in [1.54, 1.807) is 6.07 Å². The van der Waals surface area contributed by atoms with Crippen LogP contribution >= 0.6 is 0 Å². The Kier molecular flexibility index (Phi) is 5.28. The number of nitrogens with zero attached hydrogens (tertiary/aromatic N) is 3. The van der Waals surface area contributed by atoms with E-state index in [1.807, 2.05) is 18.3 Å². The molecule has 0 spiro atoms. The number of nitrogens with one attached hydrogen (secondary N) is 1. The van der Waals surface area contributed by atoms with E-state index < -0.39 is 0 Å². The molecule has 1 aromatic carbocycles. The number of rotatable bonds is 5. The third-order valence-corrected chi connectivity index (χ3v) is 5.13. The van der Waals surface area contributed by atoms with Crippen LogP contribution in [0.5, 0.6) is 0 Å². The van der Waals surface area contributed by atoms with Crippen LogP contribution in [0.25, 0.3) is 0 Å². The highest BCUT2D eigenvalue weighted by molar-refractivity contribution is 5.93. The summed E-state index contributed by atoms with van der Waals surface area (Å²) < 4.78 is 4.98. The minimum absolute atomic E-state index is 0.145. The molecule has 0 aliphatic carbocycles. The molecule has 0 bridgehead atoms. The maximum absolute atomic E-state index is 12.2. The van der Waals surface area contributed by atoms with Gasteiger partial charge in [-0.2, -0.15) is 0 Å². The molecule has 1 aliphatic rings. The van der Waals surface area contributed by atoms with Crippen molar-refractivity contribution in [2.75, 3.05) is 36.0 Å². The first-order valence-electron chi connectivity index (χ1n) is 9.52. The first-order valence-corrected chi connectivity index (χ1v) is 9.52. The van der Waals surface area contributed by atoms with Crippen molar-refractivity contribution in [3.05, 3.63) is 77.9 Å². The van der Waals surface area contributed by atoms with Gasteiger partial charge in [-0.05, 0) is 30.7 Å². The van der Waals surface area contributed by atoms with Gasteiger partial charge in [0.1, 0.15) is 12.1 Å². The molecule has 3 aromatic rings. The molecule has 1 N–H and O–H groups in total. The zero-order chi connectivity index (χ0) is 19.3. The van der Waals surface area contributed by atoms with Crippen molar-refractivity contribution in [2.45, 2.75) is 13.5 Å². The Morgan fingerprint density at radius 3 is 2.61 bits per heavy atom. The molecular weight excluding hydrogens is 352 g/mol. The number of piperazine rings is 1. The van der Waals surface area contributed by atoms with E-state index in [1.165, 1.54) is 23.8 Å². The molecule has 6 heteroatoms. The lowest BCUT2D eigenvalue weighted by atomic mass is 10.1. The molecule has 1 fully saturated rings. The largest absolute Gasteiger partial charge is 0.472 e. The number of anilines is 2. The molecule has 3 heterocycles. The molecule has 0 saturated carbocycles. The first kappa shape index (κ1) is 18.1. The van der Waals surface area contributed by atoms with Crippen LogP contribution in [0.2, 0.25) is 0 Å². The average Bonchev–Trinajstić information content (AvgIpc) is 3.28. The molecule has 4 rings (SSSR count). The fourth-order valence-corrected chi connectivity index (χ4v) is 3.60. The number of carbonyl (C=O) groups is 1. The Bertz CT molecular complexity index is 931. The van der Waals surface area contributed by atoms with E-state index in [2.05, 4.69) is 51.3 Å². The lowest BCUT2D eigenvalue weighted by Gasteiger charge is -2.38. The standard InChI is InChI=1S/C22H24N4O2/c1-17-5-2-3-7-20(17)25-10-12-26(13-11-25)21-18(6-4-9-23-21)15-24-22(27)19-8-14-28-16-19/h2-9,14,16H,10-13,15H2,1H3,(H,24,27). The fraction of sp³-hybridized carbons (Fsp3) is 0.273. The van der Waals surface area contributed by atoms with Gasteiger partial charge in [0.15, 0.2) is 0 Å². The summed E-state index contributed by atoms with van der Waals surface area (Å²) in [5.74, 6) is 0.798. The zero-order valence-corrected chi connectivity index (χ0v) is 16.0. The van der Waals surface area contributed by atoms with Gasteiger partial charge in [0, 0.05) is 50.2 Å². The van der Waals surface area contributed by atoms with Crippen LogP contribution < -0.4 is 15.1 Å². The number of amides is 1. The molecule has 0 atom stereocenters. The lowest BCUT2D eigenvalue weighted by Crippen LogP contribution is -2.47. The molecule has 144 valence electrons. The van der Waals surface area contributed by atoms with E-state index in [9.17, 15) is 4.79 Å². The molecule has 2 aromatic heterocycles. The fourth-order valence-electron chi connectivity index (χ4n) is 3.60. The van der Waals surface area contributed by atoms with Crippen molar-refractivity contribution in [1.29, 1.82) is 0 Å². The van der Waals surface area contributed by atoms with E-state index >= 15 is 0 Å². The Balaban J connectivity index is 1.41. The summed E-state index contributed by atoms with van der Waals surface area (Å²) in [6.07, 6.45) is 4.76. The van der Waals surface area contributed by atoms with Gasteiger partial charge < -0.3 is 19.5 Å². The van der Waals surface area contributed by atoms with E-state index in [0.717, 1.165) is 37.6 Å². The number of para-hydroxylation sites is 1. The van der Waals surface area contributed by atoms with Gasteiger partial charge >= 0.3 is 0 Å². The van der Waals surface area contributed by atoms with Crippen molar-refractivity contribution in [2.24, 2.45) is 0 Å². The Morgan fingerprint density at radius 2 is 1.86 bits per heavy atom. The van der Waals surface area contributed by atoms with Crippen molar-refractivity contribution in [1.82, 2.24) is 10.3 Å². The zero-order valence-electron chi connectivity index (χ0n) is 16.0. The number of aromatic nitrogens is 1.